The van der Waals surface area contributed by atoms with E-state index in [0.717, 1.165) is 44.6 Å². The highest BCUT2D eigenvalue weighted by Gasteiger charge is 2.21. The van der Waals surface area contributed by atoms with Crippen LogP contribution in [0.5, 0.6) is 0 Å². The quantitative estimate of drug-likeness (QED) is 0.780. The highest BCUT2D eigenvalue weighted by atomic mass is 16.5. The average Bonchev–Trinajstić information content (AvgIpc) is 2.93. The number of nitrogens with one attached hydrogen (secondary N) is 1. The summed E-state index contributed by atoms with van der Waals surface area (Å²) in [7, 11) is 1.79. The lowest BCUT2D eigenvalue weighted by Crippen LogP contribution is -2.28. The van der Waals surface area contributed by atoms with Crippen LogP contribution in [0.3, 0.4) is 0 Å². The molecule has 1 fully saturated rings. The van der Waals surface area contributed by atoms with E-state index in [1.165, 1.54) is 6.42 Å². The normalized spacial score (nSPS) is 23.1. The standard InChI is InChI=1S/C14H26N4O2/c1-3-15-10-12-11-18(17-16-12)7-8-20-14-6-4-5-13(9-14)19-2/h11,13-15H,3-10H2,1-2H3. The van der Waals surface area contributed by atoms with Gasteiger partial charge in [-0.1, -0.05) is 12.1 Å². The Labute approximate surface area is 120 Å². The van der Waals surface area contributed by atoms with Crippen molar-refractivity contribution in [1.29, 1.82) is 0 Å². The summed E-state index contributed by atoms with van der Waals surface area (Å²) in [5.41, 5.74) is 0.976. The Balaban J connectivity index is 1.66. The number of hydrogen-bond donors (Lipinski definition) is 1. The van der Waals surface area contributed by atoms with Crippen LogP contribution in [-0.4, -0.2) is 47.5 Å². The van der Waals surface area contributed by atoms with Crippen molar-refractivity contribution < 1.29 is 9.47 Å². The first-order valence-corrected chi connectivity index (χ1v) is 7.56. The zero-order chi connectivity index (χ0) is 14.2. The molecule has 1 aromatic rings. The van der Waals surface area contributed by atoms with Gasteiger partial charge in [-0.2, -0.15) is 0 Å². The van der Waals surface area contributed by atoms with Gasteiger partial charge in [-0.25, -0.2) is 4.68 Å². The van der Waals surface area contributed by atoms with Gasteiger partial charge in [0.1, 0.15) is 0 Å². The van der Waals surface area contributed by atoms with Crippen molar-refractivity contribution in [2.75, 3.05) is 20.3 Å². The fraction of sp³-hybridized carbons (Fsp3) is 0.857. The van der Waals surface area contributed by atoms with Crippen molar-refractivity contribution in [3.8, 4) is 0 Å². The highest BCUT2D eigenvalue weighted by molar-refractivity contribution is 4.91. The molecule has 6 nitrogen and oxygen atoms in total. The first kappa shape index (κ1) is 15.4. The summed E-state index contributed by atoms with van der Waals surface area (Å²) < 4.78 is 13.2. The van der Waals surface area contributed by atoms with Crippen molar-refractivity contribution in [3.63, 3.8) is 0 Å². The number of aromatic nitrogens is 3. The zero-order valence-electron chi connectivity index (χ0n) is 12.5. The van der Waals surface area contributed by atoms with Crippen LogP contribution in [0, 0.1) is 0 Å². The Morgan fingerprint density at radius 1 is 1.40 bits per heavy atom. The van der Waals surface area contributed by atoms with Crippen LogP contribution in [0.15, 0.2) is 6.20 Å². The summed E-state index contributed by atoms with van der Waals surface area (Å²) in [6.45, 7) is 5.24. The largest absolute Gasteiger partial charge is 0.381 e. The van der Waals surface area contributed by atoms with E-state index < -0.39 is 0 Å². The Kier molecular flexibility index (Phi) is 6.42. The number of nitrogens with zero attached hydrogens (tertiary/aromatic N) is 3. The van der Waals surface area contributed by atoms with Gasteiger partial charge in [0.2, 0.25) is 0 Å². The van der Waals surface area contributed by atoms with Crippen LogP contribution >= 0.6 is 0 Å². The third-order valence-electron chi connectivity index (χ3n) is 3.73. The van der Waals surface area contributed by atoms with Gasteiger partial charge >= 0.3 is 0 Å². The molecule has 0 spiro atoms. The first-order valence-electron chi connectivity index (χ1n) is 7.56. The Morgan fingerprint density at radius 2 is 2.25 bits per heavy atom. The van der Waals surface area contributed by atoms with Crippen molar-refractivity contribution in [1.82, 2.24) is 20.3 Å². The van der Waals surface area contributed by atoms with Gasteiger partial charge < -0.3 is 14.8 Å². The molecular weight excluding hydrogens is 256 g/mol. The second kappa shape index (κ2) is 8.34. The molecule has 6 heteroatoms. The van der Waals surface area contributed by atoms with Gasteiger partial charge in [-0.3, -0.25) is 0 Å². The van der Waals surface area contributed by atoms with Crippen LogP contribution in [0.4, 0.5) is 0 Å². The van der Waals surface area contributed by atoms with Crippen molar-refractivity contribution in [2.24, 2.45) is 0 Å². The predicted octanol–water partition coefficient (Wildman–Crippen LogP) is 1.36. The summed E-state index contributed by atoms with van der Waals surface area (Å²) in [6.07, 6.45) is 7.19. The third-order valence-corrected chi connectivity index (χ3v) is 3.73. The lowest BCUT2D eigenvalue weighted by molar-refractivity contribution is -0.0320. The topological polar surface area (TPSA) is 61.2 Å². The molecular formula is C14H26N4O2. The van der Waals surface area contributed by atoms with Crippen molar-refractivity contribution in [2.45, 2.75) is 57.9 Å². The van der Waals surface area contributed by atoms with Crippen molar-refractivity contribution >= 4 is 0 Å². The molecule has 1 aliphatic carbocycles. The SMILES string of the molecule is CCNCc1cn(CCOC2CCCC(OC)C2)nn1. The fourth-order valence-electron chi connectivity index (χ4n) is 2.56. The molecule has 2 unspecified atom stereocenters. The lowest BCUT2D eigenvalue weighted by atomic mass is 9.95. The Hall–Kier alpha value is -0.980. The zero-order valence-corrected chi connectivity index (χ0v) is 12.5. The van der Waals surface area contributed by atoms with Crippen LogP contribution in [0.25, 0.3) is 0 Å². The van der Waals surface area contributed by atoms with E-state index in [0.29, 0.717) is 18.8 Å². The molecule has 1 aliphatic rings. The molecule has 1 N–H and O–H groups in total. The summed E-state index contributed by atoms with van der Waals surface area (Å²) in [5.74, 6) is 0. The molecule has 2 rings (SSSR count). The molecule has 0 saturated heterocycles. The molecule has 0 aliphatic heterocycles. The molecule has 1 heterocycles. The second-order valence-electron chi connectivity index (χ2n) is 5.27. The minimum Gasteiger partial charge on any atom is -0.381 e. The Morgan fingerprint density at radius 3 is 3.05 bits per heavy atom. The predicted molar refractivity (Wildman–Crippen MR) is 76.4 cm³/mol. The molecule has 2 atom stereocenters. The highest BCUT2D eigenvalue weighted by Crippen LogP contribution is 2.22. The van der Waals surface area contributed by atoms with E-state index in [2.05, 4.69) is 22.6 Å². The molecule has 20 heavy (non-hydrogen) atoms. The van der Waals surface area contributed by atoms with E-state index in [4.69, 9.17) is 9.47 Å². The number of methoxy groups -OCH3 is 1. The summed E-state index contributed by atoms with van der Waals surface area (Å²) >= 11 is 0. The van der Waals surface area contributed by atoms with Gasteiger partial charge in [-0.15, -0.1) is 5.10 Å². The van der Waals surface area contributed by atoms with E-state index in [1.54, 1.807) is 7.11 Å². The maximum Gasteiger partial charge on any atom is 0.0964 e. The molecule has 1 saturated carbocycles. The summed E-state index contributed by atoms with van der Waals surface area (Å²) in [6, 6.07) is 0. The second-order valence-corrected chi connectivity index (χ2v) is 5.27. The van der Waals surface area contributed by atoms with Gasteiger partial charge in [0.25, 0.3) is 0 Å². The minimum absolute atomic E-state index is 0.332. The van der Waals surface area contributed by atoms with E-state index in [-0.39, 0.29) is 0 Å². The van der Waals surface area contributed by atoms with Gasteiger partial charge in [0.15, 0.2) is 0 Å². The van der Waals surface area contributed by atoms with Gasteiger partial charge in [0.05, 0.1) is 31.1 Å². The molecule has 0 aromatic carbocycles. The van der Waals surface area contributed by atoms with Gasteiger partial charge in [0, 0.05) is 19.9 Å². The van der Waals surface area contributed by atoms with E-state index in [9.17, 15) is 0 Å². The number of ether oxygens (including phenoxy) is 2. The molecule has 0 radical (unpaired) electrons. The summed E-state index contributed by atoms with van der Waals surface area (Å²) in [4.78, 5) is 0. The number of hydrogen-bond acceptors (Lipinski definition) is 5. The average molecular weight is 282 g/mol. The fourth-order valence-corrected chi connectivity index (χ4v) is 2.56. The summed E-state index contributed by atoms with van der Waals surface area (Å²) in [5, 5.41) is 11.5. The Bertz CT molecular complexity index is 383. The molecule has 114 valence electrons. The van der Waals surface area contributed by atoms with Crippen LogP contribution in [-0.2, 0) is 22.6 Å². The van der Waals surface area contributed by atoms with E-state index in [1.807, 2.05) is 10.9 Å². The van der Waals surface area contributed by atoms with Crippen LogP contribution in [0.2, 0.25) is 0 Å². The lowest BCUT2D eigenvalue weighted by Gasteiger charge is -2.28. The smallest absolute Gasteiger partial charge is 0.0964 e. The molecule has 0 amide bonds. The maximum atomic E-state index is 5.93. The van der Waals surface area contributed by atoms with E-state index >= 15 is 0 Å². The third kappa shape index (κ3) is 4.85. The van der Waals surface area contributed by atoms with Crippen molar-refractivity contribution in [3.05, 3.63) is 11.9 Å². The first-order chi connectivity index (χ1) is 9.81. The van der Waals surface area contributed by atoms with Gasteiger partial charge in [-0.05, 0) is 32.2 Å². The van der Waals surface area contributed by atoms with Crippen LogP contribution < -0.4 is 5.32 Å². The monoisotopic (exact) mass is 282 g/mol. The molecule has 0 bridgehead atoms. The van der Waals surface area contributed by atoms with Crippen LogP contribution in [0.1, 0.15) is 38.3 Å². The minimum atomic E-state index is 0.332. The molecule has 1 aromatic heterocycles. The maximum absolute atomic E-state index is 5.93. The number of rotatable bonds is 8.